The zero-order valence-corrected chi connectivity index (χ0v) is 16.0. The van der Waals surface area contributed by atoms with E-state index < -0.39 is 0 Å². The topological polar surface area (TPSA) is 45.7 Å². The molecule has 5 nitrogen and oxygen atoms in total. The molecule has 0 bridgehead atoms. The number of rotatable bonds is 5. The van der Waals surface area contributed by atoms with Gasteiger partial charge in [0.15, 0.2) is 0 Å². The van der Waals surface area contributed by atoms with Crippen molar-refractivity contribution in [2.24, 2.45) is 0 Å². The van der Waals surface area contributed by atoms with Crippen molar-refractivity contribution in [2.45, 2.75) is 57.6 Å². The minimum absolute atomic E-state index is 0.246. The van der Waals surface area contributed by atoms with Gasteiger partial charge < -0.3 is 9.64 Å². The molecule has 2 aliphatic heterocycles. The van der Waals surface area contributed by atoms with Crippen LogP contribution in [0.3, 0.4) is 0 Å². The minimum Gasteiger partial charge on any atom is -0.380 e. The summed E-state index contributed by atoms with van der Waals surface area (Å²) in [4.78, 5) is 21.4. The van der Waals surface area contributed by atoms with E-state index in [2.05, 4.69) is 30.9 Å². The van der Waals surface area contributed by atoms with Crippen molar-refractivity contribution < 1.29 is 9.53 Å². The van der Waals surface area contributed by atoms with E-state index in [0.29, 0.717) is 24.4 Å². The molecule has 0 N–H and O–H groups in total. The maximum Gasteiger partial charge on any atom is 0.222 e. The van der Waals surface area contributed by atoms with E-state index >= 15 is 0 Å². The largest absolute Gasteiger partial charge is 0.380 e. The fourth-order valence-electron chi connectivity index (χ4n) is 3.90. The number of nitrogens with zero attached hydrogens (tertiary/aromatic N) is 3. The third-order valence-electron chi connectivity index (χ3n) is 5.66. The number of likely N-dealkylation sites (tertiary alicyclic amines) is 2. The maximum atomic E-state index is 12.2. The van der Waals surface area contributed by atoms with Gasteiger partial charge in [0.2, 0.25) is 5.91 Å². The Morgan fingerprint density at radius 2 is 2.08 bits per heavy atom. The second kappa shape index (κ2) is 7.83. The number of amides is 1. The molecule has 5 heteroatoms. The molecule has 0 radical (unpaired) electrons. The average molecular weight is 345 g/mol. The van der Waals surface area contributed by atoms with E-state index in [9.17, 15) is 4.79 Å². The number of methoxy groups -OCH3 is 1. The molecule has 0 saturated carbocycles. The highest BCUT2D eigenvalue weighted by Gasteiger charge is 2.29. The van der Waals surface area contributed by atoms with E-state index in [-0.39, 0.29) is 5.91 Å². The zero-order chi connectivity index (χ0) is 18.0. The predicted octanol–water partition coefficient (Wildman–Crippen LogP) is 2.76. The van der Waals surface area contributed by atoms with Crippen LogP contribution in [0.4, 0.5) is 0 Å². The molecule has 1 aromatic heterocycles. The molecule has 1 amide bonds. The highest BCUT2D eigenvalue weighted by molar-refractivity contribution is 5.77. The van der Waals surface area contributed by atoms with Crippen LogP contribution in [0.1, 0.15) is 61.9 Å². The van der Waals surface area contributed by atoms with Crippen LogP contribution in [0.2, 0.25) is 0 Å². The summed E-state index contributed by atoms with van der Waals surface area (Å²) in [6, 6.07) is 4.37. The molecule has 2 saturated heterocycles. The molecule has 0 aliphatic carbocycles. The molecule has 3 rings (SSSR count). The van der Waals surface area contributed by atoms with E-state index in [1.165, 1.54) is 5.56 Å². The van der Waals surface area contributed by atoms with Gasteiger partial charge in [-0.3, -0.25) is 14.7 Å². The molecule has 0 spiro atoms. The molecule has 2 unspecified atom stereocenters. The Kier molecular flexibility index (Phi) is 5.74. The number of pyridine rings is 1. The normalized spacial score (nSPS) is 25.2. The first kappa shape index (κ1) is 18.3. The number of hydrogen-bond acceptors (Lipinski definition) is 4. The molecular weight excluding hydrogens is 314 g/mol. The fraction of sp³-hybridized carbons (Fsp3) is 0.700. The fourth-order valence-corrected chi connectivity index (χ4v) is 3.90. The van der Waals surface area contributed by atoms with Crippen LogP contribution in [0.25, 0.3) is 0 Å². The highest BCUT2D eigenvalue weighted by atomic mass is 16.5. The minimum atomic E-state index is 0.246. The van der Waals surface area contributed by atoms with Crippen LogP contribution < -0.4 is 0 Å². The SMILES string of the molecule is COC1CCN(Cc2nc(C(C)C)ccc2C2CCN(C)C(=O)C2)C1. The van der Waals surface area contributed by atoms with Crippen molar-refractivity contribution >= 4 is 5.91 Å². The van der Waals surface area contributed by atoms with Crippen molar-refractivity contribution in [3.8, 4) is 0 Å². The Bertz CT molecular complexity index is 617. The molecule has 138 valence electrons. The van der Waals surface area contributed by atoms with Crippen molar-refractivity contribution in [3.63, 3.8) is 0 Å². The molecule has 3 heterocycles. The van der Waals surface area contributed by atoms with Crippen LogP contribution in [0.5, 0.6) is 0 Å². The molecule has 0 aromatic carbocycles. The molecule has 2 aliphatic rings. The molecule has 2 fully saturated rings. The summed E-state index contributed by atoms with van der Waals surface area (Å²) in [5.74, 6) is 0.959. The Labute approximate surface area is 151 Å². The Balaban J connectivity index is 1.83. The van der Waals surface area contributed by atoms with Crippen LogP contribution in [-0.2, 0) is 16.1 Å². The molecule has 1 aromatic rings. The predicted molar refractivity (Wildman–Crippen MR) is 98.6 cm³/mol. The van der Waals surface area contributed by atoms with Gasteiger partial charge >= 0.3 is 0 Å². The lowest BCUT2D eigenvalue weighted by atomic mass is 9.87. The van der Waals surface area contributed by atoms with Crippen molar-refractivity contribution in [3.05, 3.63) is 29.1 Å². The van der Waals surface area contributed by atoms with Gasteiger partial charge in [0.25, 0.3) is 0 Å². The highest BCUT2D eigenvalue weighted by Crippen LogP contribution is 2.32. The van der Waals surface area contributed by atoms with Crippen molar-refractivity contribution in [1.29, 1.82) is 0 Å². The van der Waals surface area contributed by atoms with Crippen LogP contribution in [0.15, 0.2) is 12.1 Å². The summed E-state index contributed by atoms with van der Waals surface area (Å²) in [6.45, 7) is 8.08. The van der Waals surface area contributed by atoms with Gasteiger partial charge in [-0.2, -0.15) is 0 Å². The van der Waals surface area contributed by atoms with E-state index in [1.54, 1.807) is 7.11 Å². The standard InChI is InChI=1S/C20H31N3O2/c1-14(2)18-6-5-17(15-7-9-22(3)20(24)11-15)19(21-18)13-23-10-8-16(12-23)25-4/h5-6,14-16H,7-13H2,1-4H3. The van der Waals surface area contributed by atoms with Crippen LogP contribution in [-0.4, -0.2) is 60.6 Å². The quantitative estimate of drug-likeness (QED) is 0.823. The summed E-state index contributed by atoms with van der Waals surface area (Å²) in [5.41, 5.74) is 3.57. The van der Waals surface area contributed by atoms with Gasteiger partial charge in [-0.25, -0.2) is 0 Å². The number of hydrogen-bond donors (Lipinski definition) is 0. The number of ether oxygens (including phenoxy) is 1. The third-order valence-corrected chi connectivity index (χ3v) is 5.66. The second-order valence-corrected chi connectivity index (χ2v) is 7.81. The number of aromatic nitrogens is 1. The van der Waals surface area contributed by atoms with Gasteiger partial charge in [-0.1, -0.05) is 19.9 Å². The second-order valence-electron chi connectivity index (χ2n) is 7.81. The van der Waals surface area contributed by atoms with E-state index in [4.69, 9.17) is 9.72 Å². The molecule has 25 heavy (non-hydrogen) atoms. The summed E-state index contributed by atoms with van der Waals surface area (Å²) in [5, 5.41) is 0. The maximum absolute atomic E-state index is 12.2. The molecular formula is C20H31N3O2. The first-order valence-corrected chi connectivity index (χ1v) is 9.46. The first-order chi connectivity index (χ1) is 12.0. The number of carbonyl (C=O) groups excluding carboxylic acids is 1. The summed E-state index contributed by atoms with van der Waals surface area (Å²) in [7, 11) is 3.69. The summed E-state index contributed by atoms with van der Waals surface area (Å²) in [6.07, 6.45) is 3.05. The Hall–Kier alpha value is -1.46. The van der Waals surface area contributed by atoms with Crippen LogP contribution in [0, 0.1) is 0 Å². The smallest absolute Gasteiger partial charge is 0.222 e. The monoisotopic (exact) mass is 345 g/mol. The van der Waals surface area contributed by atoms with Gasteiger partial charge in [0.05, 0.1) is 11.8 Å². The van der Waals surface area contributed by atoms with Gasteiger partial charge in [-0.05, 0) is 36.3 Å². The third kappa shape index (κ3) is 4.21. The number of piperidine rings is 1. The van der Waals surface area contributed by atoms with Crippen molar-refractivity contribution in [2.75, 3.05) is 33.8 Å². The summed E-state index contributed by atoms with van der Waals surface area (Å²) >= 11 is 0. The Morgan fingerprint density at radius 3 is 2.72 bits per heavy atom. The van der Waals surface area contributed by atoms with Gasteiger partial charge in [-0.15, -0.1) is 0 Å². The lowest BCUT2D eigenvalue weighted by Crippen LogP contribution is -2.35. The van der Waals surface area contributed by atoms with Crippen molar-refractivity contribution in [1.82, 2.24) is 14.8 Å². The average Bonchev–Trinajstić information content (AvgIpc) is 3.05. The van der Waals surface area contributed by atoms with E-state index in [0.717, 1.165) is 50.4 Å². The zero-order valence-electron chi connectivity index (χ0n) is 16.0. The van der Waals surface area contributed by atoms with Crippen LogP contribution >= 0.6 is 0 Å². The molecule has 2 atom stereocenters. The summed E-state index contributed by atoms with van der Waals surface area (Å²) < 4.78 is 5.50. The lowest BCUT2D eigenvalue weighted by Gasteiger charge is -2.30. The van der Waals surface area contributed by atoms with E-state index in [1.807, 2.05) is 11.9 Å². The first-order valence-electron chi connectivity index (χ1n) is 9.46. The van der Waals surface area contributed by atoms with Gasteiger partial charge in [0, 0.05) is 52.5 Å². The lowest BCUT2D eigenvalue weighted by molar-refractivity contribution is -0.132. The van der Waals surface area contributed by atoms with Gasteiger partial charge in [0.1, 0.15) is 0 Å². The Morgan fingerprint density at radius 1 is 1.28 bits per heavy atom. The number of carbonyl (C=O) groups is 1.